The van der Waals surface area contributed by atoms with E-state index < -0.39 is 5.54 Å². The van der Waals surface area contributed by atoms with Gasteiger partial charge in [0, 0.05) is 54.5 Å². The molecule has 4 heterocycles. The number of rotatable bonds is 7. The van der Waals surface area contributed by atoms with Gasteiger partial charge < -0.3 is 15.4 Å². The van der Waals surface area contributed by atoms with Gasteiger partial charge in [0.2, 0.25) is 5.88 Å². The van der Waals surface area contributed by atoms with Gasteiger partial charge in [0.1, 0.15) is 16.8 Å². The highest BCUT2D eigenvalue weighted by molar-refractivity contribution is 7.17. The maximum atomic E-state index is 13.5. The van der Waals surface area contributed by atoms with Gasteiger partial charge in [-0.1, -0.05) is 6.92 Å². The largest absolute Gasteiger partial charge is 0.474 e. The number of carbonyl (C=O) groups is 1. The molecule has 0 spiro atoms. The second-order valence-electron chi connectivity index (χ2n) is 10.6. The molecule has 0 bridgehead atoms. The summed E-state index contributed by atoms with van der Waals surface area (Å²) in [5.74, 6) is 1.21. The molecular weight excluding hydrogens is 515 g/mol. The van der Waals surface area contributed by atoms with E-state index in [1.165, 1.54) is 23.5 Å². The number of nitrogens with zero attached hydrogens (tertiary/aromatic N) is 5. The summed E-state index contributed by atoms with van der Waals surface area (Å²) in [6, 6.07) is 11.8. The van der Waals surface area contributed by atoms with Gasteiger partial charge in [0.15, 0.2) is 10.8 Å². The molecule has 1 saturated carbocycles. The Bertz CT molecular complexity index is 1510. The van der Waals surface area contributed by atoms with Crippen LogP contribution in [-0.2, 0) is 12.0 Å². The van der Waals surface area contributed by atoms with Gasteiger partial charge in [-0.25, -0.2) is 24.3 Å². The van der Waals surface area contributed by atoms with Gasteiger partial charge in [-0.15, -0.1) is 11.3 Å². The molecule has 6 rings (SSSR count). The van der Waals surface area contributed by atoms with Crippen LogP contribution >= 0.6 is 11.3 Å². The van der Waals surface area contributed by atoms with Crippen LogP contribution in [0.2, 0.25) is 0 Å². The van der Waals surface area contributed by atoms with Gasteiger partial charge in [-0.2, -0.15) is 0 Å². The second-order valence-corrected chi connectivity index (χ2v) is 11.6. The second kappa shape index (κ2) is 9.77. The maximum Gasteiger partial charge on any atom is 0.265 e. The van der Waals surface area contributed by atoms with Crippen LogP contribution in [0.15, 0.2) is 54.9 Å². The van der Waals surface area contributed by atoms with E-state index in [0.29, 0.717) is 46.8 Å². The van der Waals surface area contributed by atoms with Crippen molar-refractivity contribution in [1.29, 1.82) is 0 Å². The first-order valence-corrected chi connectivity index (χ1v) is 13.8. The molecule has 0 radical (unpaired) electrons. The number of aryl methyl sites for hydroxylation is 1. The Balaban J connectivity index is 1.17. The zero-order chi connectivity index (χ0) is 27.3. The zero-order valence-electron chi connectivity index (χ0n) is 22.0. The summed E-state index contributed by atoms with van der Waals surface area (Å²) in [6.07, 6.45) is 3.99. The number of hydrogen-bond donors (Lipinski definition) is 1. The third-order valence-electron chi connectivity index (χ3n) is 7.33. The van der Waals surface area contributed by atoms with Crippen LogP contribution < -0.4 is 10.5 Å². The number of aromatic nitrogens is 4. The molecule has 1 aliphatic heterocycles. The molecule has 3 atom stereocenters. The Morgan fingerprint density at radius 1 is 1.13 bits per heavy atom. The van der Waals surface area contributed by atoms with Crippen LogP contribution in [0.25, 0.3) is 22.1 Å². The highest BCUT2D eigenvalue weighted by atomic mass is 32.1. The van der Waals surface area contributed by atoms with Gasteiger partial charge in [-0.05, 0) is 62.2 Å². The molecule has 1 unspecified atom stereocenters. The van der Waals surface area contributed by atoms with Crippen LogP contribution in [0.4, 0.5) is 4.39 Å². The van der Waals surface area contributed by atoms with E-state index in [0.717, 1.165) is 16.8 Å². The molecule has 1 saturated heterocycles. The number of benzene rings is 1. The van der Waals surface area contributed by atoms with E-state index in [-0.39, 0.29) is 29.7 Å². The SMILES string of the molecule is CCc1nc(-c2ncccn2)sc1C(=O)N1C[C@@H]2C(Oc3cc(C(C)(C)N)cc(-c4ccc(F)cc4)n3)[C@@H]2C1. The average Bonchev–Trinajstić information content (AvgIpc) is 3.28. The van der Waals surface area contributed by atoms with Crippen molar-refractivity contribution < 1.29 is 13.9 Å². The van der Waals surface area contributed by atoms with Crippen LogP contribution in [0.5, 0.6) is 5.88 Å². The first-order chi connectivity index (χ1) is 18.7. The normalized spacial score (nSPS) is 20.1. The molecular formula is C29H29FN6O2S. The molecule has 2 fully saturated rings. The van der Waals surface area contributed by atoms with Crippen molar-refractivity contribution in [2.24, 2.45) is 17.6 Å². The summed E-state index contributed by atoms with van der Waals surface area (Å²) in [5.41, 5.74) is 8.93. The quantitative estimate of drug-likeness (QED) is 0.359. The van der Waals surface area contributed by atoms with Crippen LogP contribution in [0.3, 0.4) is 0 Å². The molecule has 1 aromatic carbocycles. The van der Waals surface area contributed by atoms with Crippen molar-refractivity contribution in [2.75, 3.05) is 13.1 Å². The summed E-state index contributed by atoms with van der Waals surface area (Å²) in [6.45, 7) is 7.10. The number of ether oxygens (including phenoxy) is 1. The van der Waals surface area contributed by atoms with Gasteiger partial charge in [0.25, 0.3) is 5.91 Å². The molecule has 2 aliphatic rings. The molecule has 1 amide bonds. The summed E-state index contributed by atoms with van der Waals surface area (Å²) in [4.78, 5) is 33.9. The third-order valence-corrected chi connectivity index (χ3v) is 8.41. The van der Waals surface area contributed by atoms with Crippen molar-refractivity contribution in [3.8, 4) is 28.0 Å². The van der Waals surface area contributed by atoms with Crippen LogP contribution in [-0.4, -0.2) is 49.9 Å². The van der Waals surface area contributed by atoms with Crippen molar-refractivity contribution in [3.63, 3.8) is 0 Å². The number of hydrogen-bond acceptors (Lipinski definition) is 8. The third kappa shape index (κ3) is 5.02. The molecule has 3 aromatic heterocycles. The van der Waals surface area contributed by atoms with E-state index in [9.17, 15) is 9.18 Å². The fraction of sp³-hybridized carbons (Fsp3) is 0.345. The van der Waals surface area contributed by atoms with Crippen LogP contribution in [0.1, 0.15) is 41.7 Å². The Morgan fingerprint density at radius 3 is 2.46 bits per heavy atom. The van der Waals surface area contributed by atoms with E-state index in [1.807, 2.05) is 37.8 Å². The summed E-state index contributed by atoms with van der Waals surface area (Å²) >= 11 is 1.35. The number of halogens is 1. The number of fused-ring (bicyclic) bond motifs is 1. The smallest absolute Gasteiger partial charge is 0.265 e. The minimum Gasteiger partial charge on any atom is -0.474 e. The van der Waals surface area contributed by atoms with Gasteiger partial charge in [-0.3, -0.25) is 4.79 Å². The first-order valence-electron chi connectivity index (χ1n) is 13.0. The van der Waals surface area contributed by atoms with Gasteiger partial charge in [0.05, 0.1) is 11.4 Å². The maximum absolute atomic E-state index is 13.5. The Morgan fingerprint density at radius 2 is 1.82 bits per heavy atom. The van der Waals surface area contributed by atoms with E-state index in [1.54, 1.807) is 30.6 Å². The molecule has 2 N–H and O–H groups in total. The number of thiazole rings is 1. The summed E-state index contributed by atoms with van der Waals surface area (Å²) in [7, 11) is 0. The van der Waals surface area contributed by atoms with Crippen LogP contribution in [0, 0.1) is 17.7 Å². The lowest BCUT2D eigenvalue weighted by Gasteiger charge is -2.22. The monoisotopic (exact) mass is 544 g/mol. The molecule has 10 heteroatoms. The minimum atomic E-state index is -0.603. The Labute approximate surface area is 230 Å². The van der Waals surface area contributed by atoms with Gasteiger partial charge >= 0.3 is 0 Å². The summed E-state index contributed by atoms with van der Waals surface area (Å²) in [5, 5.41) is 0.659. The fourth-order valence-electron chi connectivity index (χ4n) is 5.07. The average molecular weight is 545 g/mol. The number of carbonyl (C=O) groups excluding carboxylic acids is 1. The standard InChI is InChI=1S/C29H29FN6O2S/c1-4-21-25(39-27(35-21)26-32-10-5-11-33-26)28(37)36-14-19-20(15-36)24(19)38-23-13-17(29(2,3)31)12-22(34-23)16-6-8-18(30)9-7-16/h5-13,19-20,24H,4,14-15,31H2,1-3H3/t19-,20+,24?. The van der Waals surface area contributed by atoms with E-state index >= 15 is 0 Å². The molecule has 8 nitrogen and oxygen atoms in total. The first kappa shape index (κ1) is 25.5. The lowest BCUT2D eigenvalue weighted by atomic mass is 9.95. The van der Waals surface area contributed by atoms with Crippen molar-refractivity contribution in [1.82, 2.24) is 24.8 Å². The number of pyridine rings is 1. The number of nitrogens with two attached hydrogens (primary N) is 1. The van der Waals surface area contributed by atoms with Crippen molar-refractivity contribution >= 4 is 17.2 Å². The molecule has 200 valence electrons. The predicted molar refractivity (Wildman–Crippen MR) is 147 cm³/mol. The number of piperidine rings is 1. The Kier molecular flexibility index (Phi) is 6.39. The fourth-order valence-corrected chi connectivity index (χ4v) is 6.14. The number of amides is 1. The van der Waals surface area contributed by atoms with E-state index in [2.05, 4.69) is 15.0 Å². The highest BCUT2D eigenvalue weighted by Gasteiger charge is 2.59. The molecule has 39 heavy (non-hydrogen) atoms. The summed E-state index contributed by atoms with van der Waals surface area (Å²) < 4.78 is 19.8. The molecule has 1 aliphatic carbocycles. The zero-order valence-corrected chi connectivity index (χ0v) is 22.8. The topological polar surface area (TPSA) is 107 Å². The Hall–Kier alpha value is -3.76. The number of likely N-dealkylation sites (tertiary alicyclic amines) is 1. The highest BCUT2D eigenvalue weighted by Crippen LogP contribution is 2.48. The van der Waals surface area contributed by atoms with Crippen molar-refractivity contribution in [2.45, 2.75) is 38.8 Å². The van der Waals surface area contributed by atoms with Crippen molar-refractivity contribution in [3.05, 3.63) is 76.8 Å². The molecule has 4 aromatic rings. The lowest BCUT2D eigenvalue weighted by Crippen LogP contribution is -2.33. The lowest BCUT2D eigenvalue weighted by molar-refractivity contribution is 0.0755. The predicted octanol–water partition coefficient (Wildman–Crippen LogP) is 4.71. The van der Waals surface area contributed by atoms with E-state index in [4.69, 9.17) is 15.5 Å². The minimum absolute atomic E-state index is 0.00100.